The first-order valence-corrected chi connectivity index (χ1v) is 11.9. The third-order valence-electron chi connectivity index (χ3n) is 5.64. The number of carbonyl (C=O) groups is 1. The zero-order valence-electron chi connectivity index (χ0n) is 19.1. The van der Waals surface area contributed by atoms with Gasteiger partial charge in [-0.3, -0.25) is 14.2 Å². The molecule has 1 aromatic heterocycles. The Hall–Kier alpha value is -3.78. The Labute approximate surface area is 207 Å². The zero-order chi connectivity index (χ0) is 24.6. The molecular weight excluding hydrogens is 465 g/mol. The monoisotopic (exact) mass is 491 g/mol. The van der Waals surface area contributed by atoms with E-state index in [0.717, 1.165) is 30.3 Å². The van der Waals surface area contributed by atoms with Crippen LogP contribution in [-0.4, -0.2) is 15.5 Å². The Morgan fingerprint density at radius 3 is 2.37 bits per heavy atom. The lowest BCUT2D eigenvalue weighted by Crippen LogP contribution is -2.23. The van der Waals surface area contributed by atoms with Gasteiger partial charge in [-0.25, -0.2) is 4.39 Å². The fraction of sp³-hybridized carbons (Fsp3) is 0.222. The van der Waals surface area contributed by atoms with Gasteiger partial charge in [0.15, 0.2) is 4.77 Å². The summed E-state index contributed by atoms with van der Waals surface area (Å²) in [6, 6.07) is 20.5. The summed E-state index contributed by atoms with van der Waals surface area (Å²) >= 11 is 5.33. The SMILES string of the molecule is O=C(CCCCCn1c(=S)[nH]c2ccccc2c1=O)NCc1ccc(Oc2ccc(F)cc2)cc1. The van der Waals surface area contributed by atoms with Crippen molar-refractivity contribution in [3.63, 3.8) is 0 Å². The predicted molar refractivity (Wildman–Crippen MR) is 137 cm³/mol. The molecule has 35 heavy (non-hydrogen) atoms. The van der Waals surface area contributed by atoms with E-state index in [1.807, 2.05) is 42.5 Å². The first-order valence-electron chi connectivity index (χ1n) is 11.5. The number of nitrogens with one attached hydrogen (secondary N) is 2. The van der Waals surface area contributed by atoms with Crippen molar-refractivity contribution >= 4 is 29.0 Å². The summed E-state index contributed by atoms with van der Waals surface area (Å²) in [5.74, 6) is 0.863. The molecule has 0 radical (unpaired) electrons. The van der Waals surface area contributed by atoms with Gasteiger partial charge in [-0.05, 0) is 79.2 Å². The lowest BCUT2D eigenvalue weighted by atomic mass is 10.1. The highest BCUT2D eigenvalue weighted by Gasteiger charge is 2.06. The molecule has 0 saturated carbocycles. The van der Waals surface area contributed by atoms with E-state index < -0.39 is 0 Å². The molecule has 4 aromatic rings. The number of fused-ring (bicyclic) bond motifs is 1. The molecule has 2 N–H and O–H groups in total. The Balaban J connectivity index is 1.17. The molecule has 6 nitrogen and oxygen atoms in total. The van der Waals surface area contributed by atoms with Crippen molar-refractivity contribution in [2.24, 2.45) is 0 Å². The summed E-state index contributed by atoms with van der Waals surface area (Å²) in [5, 5.41) is 3.54. The second kappa shape index (κ2) is 11.6. The van der Waals surface area contributed by atoms with Crippen LogP contribution in [0.5, 0.6) is 11.5 Å². The van der Waals surface area contributed by atoms with Crippen LogP contribution in [0.1, 0.15) is 31.2 Å². The van der Waals surface area contributed by atoms with E-state index in [4.69, 9.17) is 17.0 Å². The van der Waals surface area contributed by atoms with Gasteiger partial charge >= 0.3 is 0 Å². The van der Waals surface area contributed by atoms with Gasteiger partial charge in [0.2, 0.25) is 5.91 Å². The summed E-state index contributed by atoms with van der Waals surface area (Å²) in [5.41, 5.74) is 1.61. The number of hydrogen-bond acceptors (Lipinski definition) is 4. The van der Waals surface area contributed by atoms with Crippen LogP contribution >= 0.6 is 12.2 Å². The van der Waals surface area contributed by atoms with Crippen LogP contribution in [0.25, 0.3) is 10.9 Å². The van der Waals surface area contributed by atoms with Crippen molar-refractivity contribution in [3.05, 3.63) is 99.3 Å². The molecule has 0 aliphatic carbocycles. The average molecular weight is 492 g/mol. The van der Waals surface area contributed by atoms with E-state index in [1.165, 1.54) is 12.1 Å². The molecule has 4 rings (SSSR count). The molecule has 0 aliphatic rings. The van der Waals surface area contributed by atoms with Crippen molar-refractivity contribution in [2.45, 2.75) is 38.8 Å². The summed E-state index contributed by atoms with van der Waals surface area (Å²) in [6.45, 7) is 0.949. The van der Waals surface area contributed by atoms with Crippen molar-refractivity contribution in [3.8, 4) is 11.5 Å². The number of halogens is 1. The molecule has 180 valence electrons. The molecule has 0 atom stereocenters. The van der Waals surface area contributed by atoms with Gasteiger partial charge in [0.05, 0.1) is 10.9 Å². The van der Waals surface area contributed by atoms with Crippen LogP contribution in [0.15, 0.2) is 77.6 Å². The molecule has 0 spiro atoms. The minimum absolute atomic E-state index is 0.0168. The summed E-state index contributed by atoms with van der Waals surface area (Å²) in [7, 11) is 0. The number of H-pyrrole nitrogens is 1. The number of para-hydroxylation sites is 1. The van der Waals surface area contributed by atoms with Gasteiger partial charge in [0, 0.05) is 19.5 Å². The van der Waals surface area contributed by atoms with Crippen molar-refractivity contribution < 1.29 is 13.9 Å². The van der Waals surface area contributed by atoms with Gasteiger partial charge in [-0.15, -0.1) is 0 Å². The van der Waals surface area contributed by atoms with E-state index in [9.17, 15) is 14.0 Å². The fourth-order valence-electron chi connectivity index (χ4n) is 3.74. The Bertz CT molecular complexity index is 1410. The van der Waals surface area contributed by atoms with Crippen LogP contribution in [0.3, 0.4) is 0 Å². The van der Waals surface area contributed by atoms with E-state index >= 15 is 0 Å². The van der Waals surface area contributed by atoms with Crippen LogP contribution in [-0.2, 0) is 17.9 Å². The third-order valence-corrected chi connectivity index (χ3v) is 5.96. The second-order valence-electron chi connectivity index (χ2n) is 8.22. The first kappa shape index (κ1) is 24.3. The molecule has 1 heterocycles. The highest BCUT2D eigenvalue weighted by molar-refractivity contribution is 7.71. The maximum atomic E-state index is 13.0. The molecular formula is C27H26FN3O3S. The maximum Gasteiger partial charge on any atom is 0.262 e. The Morgan fingerprint density at radius 1 is 0.943 bits per heavy atom. The Kier molecular flexibility index (Phi) is 8.05. The zero-order valence-corrected chi connectivity index (χ0v) is 19.9. The highest BCUT2D eigenvalue weighted by Crippen LogP contribution is 2.21. The van der Waals surface area contributed by atoms with Gasteiger partial charge in [-0.1, -0.05) is 30.7 Å². The first-order chi connectivity index (χ1) is 17.0. The number of benzene rings is 3. The number of amides is 1. The van der Waals surface area contributed by atoms with Crippen molar-refractivity contribution in [2.75, 3.05) is 0 Å². The summed E-state index contributed by atoms with van der Waals surface area (Å²) in [6.07, 6.45) is 2.73. The van der Waals surface area contributed by atoms with E-state index in [-0.39, 0.29) is 17.3 Å². The predicted octanol–water partition coefficient (Wildman–Crippen LogP) is 5.87. The maximum absolute atomic E-state index is 13.0. The number of aromatic nitrogens is 2. The quantitative estimate of drug-likeness (QED) is 0.215. The molecule has 0 fully saturated rings. The number of nitrogens with zero attached hydrogens (tertiary/aromatic N) is 1. The van der Waals surface area contributed by atoms with Crippen molar-refractivity contribution in [1.29, 1.82) is 0 Å². The number of hydrogen-bond donors (Lipinski definition) is 2. The second-order valence-corrected chi connectivity index (χ2v) is 8.61. The minimum Gasteiger partial charge on any atom is -0.457 e. The number of rotatable bonds is 10. The van der Waals surface area contributed by atoms with Crippen molar-refractivity contribution in [1.82, 2.24) is 14.9 Å². The topological polar surface area (TPSA) is 76.1 Å². The number of ether oxygens (including phenoxy) is 1. The molecule has 0 aliphatic heterocycles. The fourth-order valence-corrected chi connectivity index (χ4v) is 4.02. The molecule has 0 bridgehead atoms. The molecule has 0 saturated heterocycles. The number of carbonyl (C=O) groups excluding carboxylic acids is 1. The minimum atomic E-state index is -0.312. The van der Waals surface area contributed by atoms with Gasteiger partial charge in [0.25, 0.3) is 5.56 Å². The third kappa shape index (κ3) is 6.64. The van der Waals surface area contributed by atoms with Crippen LogP contribution in [0, 0.1) is 10.6 Å². The molecule has 1 amide bonds. The Morgan fingerprint density at radius 2 is 1.63 bits per heavy atom. The smallest absolute Gasteiger partial charge is 0.262 e. The van der Waals surface area contributed by atoms with Gasteiger partial charge in [-0.2, -0.15) is 0 Å². The number of aromatic amines is 1. The molecule has 0 unspecified atom stereocenters. The number of unbranched alkanes of at least 4 members (excludes halogenated alkanes) is 2. The largest absolute Gasteiger partial charge is 0.457 e. The standard InChI is InChI=1S/C27H26FN3O3S/c28-20-11-15-22(16-12-20)34-21-13-9-19(10-14-21)18-29-25(32)8-2-1-5-17-31-26(33)23-6-3-4-7-24(23)30-27(31)35/h3-4,6-7,9-16H,1-2,5,8,17-18H2,(H,29,32)(H,30,35). The van der Waals surface area contributed by atoms with E-state index in [2.05, 4.69) is 10.3 Å². The van der Waals surface area contributed by atoms with Crippen LogP contribution in [0.4, 0.5) is 4.39 Å². The van der Waals surface area contributed by atoms with Crippen LogP contribution in [0.2, 0.25) is 0 Å². The lowest BCUT2D eigenvalue weighted by molar-refractivity contribution is -0.121. The lowest BCUT2D eigenvalue weighted by Gasteiger charge is -2.09. The van der Waals surface area contributed by atoms with Crippen LogP contribution < -0.4 is 15.6 Å². The highest BCUT2D eigenvalue weighted by atomic mass is 32.1. The van der Waals surface area contributed by atoms with Gasteiger partial charge < -0.3 is 15.0 Å². The van der Waals surface area contributed by atoms with E-state index in [0.29, 0.717) is 41.2 Å². The summed E-state index contributed by atoms with van der Waals surface area (Å²) < 4.78 is 20.7. The normalized spacial score (nSPS) is 10.9. The molecule has 8 heteroatoms. The average Bonchev–Trinajstić information content (AvgIpc) is 2.86. The summed E-state index contributed by atoms with van der Waals surface area (Å²) in [4.78, 5) is 28.0. The van der Waals surface area contributed by atoms with Gasteiger partial charge in [0.1, 0.15) is 17.3 Å². The molecule has 3 aromatic carbocycles. The van der Waals surface area contributed by atoms with E-state index in [1.54, 1.807) is 22.8 Å².